The van der Waals surface area contributed by atoms with Crippen LogP contribution in [0.2, 0.25) is 0 Å². The van der Waals surface area contributed by atoms with Crippen molar-refractivity contribution in [2.45, 2.75) is 50.9 Å². The third-order valence-corrected chi connectivity index (χ3v) is 6.16. The lowest BCUT2D eigenvalue weighted by Crippen LogP contribution is -2.28. The van der Waals surface area contributed by atoms with Crippen molar-refractivity contribution in [3.8, 4) is 17.0 Å². The zero-order valence-corrected chi connectivity index (χ0v) is 17.7. The predicted octanol–water partition coefficient (Wildman–Crippen LogP) is 5.47. The Bertz CT molecular complexity index is 1020. The second kappa shape index (κ2) is 8.78. The summed E-state index contributed by atoms with van der Waals surface area (Å²) in [4.78, 5) is 22.0. The second-order valence-electron chi connectivity index (χ2n) is 8.33. The molecule has 4 heteroatoms. The molecule has 1 fully saturated rings. The first-order valence-electron chi connectivity index (χ1n) is 10.6. The van der Waals surface area contributed by atoms with Gasteiger partial charge >= 0.3 is 0 Å². The molecule has 30 heavy (non-hydrogen) atoms. The number of nitrogens with zero attached hydrogens (tertiary/aromatic N) is 2. The molecule has 0 N–H and O–H groups in total. The Morgan fingerprint density at radius 3 is 2.50 bits per heavy atom. The highest BCUT2D eigenvalue weighted by Crippen LogP contribution is 2.43. The Kier molecular flexibility index (Phi) is 5.93. The number of carbonyl (C=O) groups excluding carboxylic acids is 1. The quantitative estimate of drug-likeness (QED) is 0.527. The van der Waals surface area contributed by atoms with Crippen molar-refractivity contribution >= 4 is 5.78 Å². The fraction of sp³-hybridized carbons (Fsp3) is 0.346. The van der Waals surface area contributed by atoms with E-state index in [1.165, 1.54) is 0 Å². The number of rotatable bonds is 7. The molecule has 2 aromatic heterocycles. The summed E-state index contributed by atoms with van der Waals surface area (Å²) in [7, 11) is 1.63. The Balaban J connectivity index is 1.47. The van der Waals surface area contributed by atoms with Gasteiger partial charge < -0.3 is 4.74 Å². The van der Waals surface area contributed by atoms with E-state index in [2.05, 4.69) is 40.3 Å². The SMILES string of the molecule is COc1cccc(C2(CC(=O)Cc3ccc(-c4ccnc(C)c4)cc3)CCCC2)n1. The number of ether oxygens (including phenoxy) is 1. The van der Waals surface area contributed by atoms with Crippen LogP contribution < -0.4 is 4.74 Å². The average Bonchev–Trinajstić information content (AvgIpc) is 3.24. The number of benzene rings is 1. The van der Waals surface area contributed by atoms with Crippen LogP contribution >= 0.6 is 0 Å². The van der Waals surface area contributed by atoms with Gasteiger partial charge in [0.25, 0.3) is 0 Å². The third-order valence-electron chi connectivity index (χ3n) is 6.16. The summed E-state index contributed by atoms with van der Waals surface area (Å²) >= 11 is 0. The number of methoxy groups -OCH3 is 1. The fourth-order valence-electron chi connectivity index (χ4n) is 4.61. The van der Waals surface area contributed by atoms with E-state index >= 15 is 0 Å². The van der Waals surface area contributed by atoms with Crippen LogP contribution in [-0.4, -0.2) is 22.9 Å². The molecule has 1 aromatic carbocycles. The summed E-state index contributed by atoms with van der Waals surface area (Å²) in [6.45, 7) is 1.99. The van der Waals surface area contributed by atoms with Crippen LogP contribution in [-0.2, 0) is 16.6 Å². The van der Waals surface area contributed by atoms with Gasteiger partial charge in [-0.15, -0.1) is 0 Å². The third kappa shape index (κ3) is 4.43. The van der Waals surface area contributed by atoms with E-state index in [1.54, 1.807) is 7.11 Å². The Hall–Kier alpha value is -3.01. The molecule has 1 aliphatic carbocycles. The minimum Gasteiger partial charge on any atom is -0.481 e. The van der Waals surface area contributed by atoms with Gasteiger partial charge in [0.05, 0.1) is 12.8 Å². The van der Waals surface area contributed by atoms with Crippen LogP contribution in [0.25, 0.3) is 11.1 Å². The van der Waals surface area contributed by atoms with Gasteiger partial charge in [0.1, 0.15) is 5.78 Å². The van der Waals surface area contributed by atoms with Crippen molar-refractivity contribution in [1.29, 1.82) is 0 Å². The van der Waals surface area contributed by atoms with Crippen LogP contribution in [0.3, 0.4) is 0 Å². The molecule has 0 aliphatic heterocycles. The summed E-state index contributed by atoms with van der Waals surface area (Å²) in [6.07, 6.45) is 7.15. The highest BCUT2D eigenvalue weighted by Gasteiger charge is 2.38. The molecule has 3 aromatic rings. The first kappa shape index (κ1) is 20.3. The predicted molar refractivity (Wildman–Crippen MR) is 119 cm³/mol. The Labute approximate surface area is 178 Å². The van der Waals surface area contributed by atoms with Crippen molar-refractivity contribution in [1.82, 2.24) is 9.97 Å². The summed E-state index contributed by atoms with van der Waals surface area (Å²) in [5.74, 6) is 0.891. The van der Waals surface area contributed by atoms with Gasteiger partial charge in [0.2, 0.25) is 5.88 Å². The maximum absolute atomic E-state index is 13.0. The number of hydrogen-bond acceptors (Lipinski definition) is 4. The van der Waals surface area contributed by atoms with Crippen LogP contribution in [0.4, 0.5) is 0 Å². The molecule has 0 spiro atoms. The minimum atomic E-state index is -0.153. The number of aromatic nitrogens is 2. The molecule has 0 atom stereocenters. The largest absolute Gasteiger partial charge is 0.481 e. The van der Waals surface area contributed by atoms with E-state index in [4.69, 9.17) is 4.74 Å². The molecule has 154 valence electrons. The van der Waals surface area contributed by atoms with Gasteiger partial charge in [-0.25, -0.2) is 4.98 Å². The van der Waals surface area contributed by atoms with Gasteiger partial charge in [-0.1, -0.05) is 43.2 Å². The number of ketones is 1. The van der Waals surface area contributed by atoms with Crippen molar-refractivity contribution in [2.75, 3.05) is 7.11 Å². The number of pyridine rings is 2. The van der Waals surface area contributed by atoms with E-state index < -0.39 is 0 Å². The number of aryl methyl sites for hydroxylation is 1. The summed E-state index contributed by atoms with van der Waals surface area (Å²) in [5, 5.41) is 0. The molecule has 1 aliphatic rings. The number of Topliss-reactive ketones (excluding diaryl/α,β-unsaturated/α-hetero) is 1. The van der Waals surface area contributed by atoms with Crippen molar-refractivity contribution < 1.29 is 9.53 Å². The zero-order chi connectivity index (χ0) is 21.0. The molecular formula is C26H28N2O2. The summed E-state index contributed by atoms with van der Waals surface area (Å²) in [6, 6.07) is 18.3. The molecule has 0 amide bonds. The monoisotopic (exact) mass is 400 g/mol. The van der Waals surface area contributed by atoms with Crippen LogP contribution in [0.1, 0.15) is 49.1 Å². The van der Waals surface area contributed by atoms with Gasteiger partial charge in [0, 0.05) is 36.2 Å². The summed E-state index contributed by atoms with van der Waals surface area (Å²) < 4.78 is 5.32. The van der Waals surface area contributed by atoms with Crippen LogP contribution in [0.5, 0.6) is 5.88 Å². The van der Waals surface area contributed by atoms with E-state index in [-0.39, 0.29) is 11.2 Å². The van der Waals surface area contributed by atoms with Gasteiger partial charge in [-0.2, -0.15) is 0 Å². The maximum atomic E-state index is 13.0. The highest BCUT2D eigenvalue weighted by atomic mass is 16.5. The molecule has 0 unspecified atom stereocenters. The topological polar surface area (TPSA) is 52.1 Å². The molecule has 4 rings (SSSR count). The number of carbonyl (C=O) groups is 1. The molecule has 2 heterocycles. The van der Waals surface area contributed by atoms with Crippen molar-refractivity contribution in [3.63, 3.8) is 0 Å². The van der Waals surface area contributed by atoms with Gasteiger partial charge in [-0.05, 0) is 54.7 Å². The lowest BCUT2D eigenvalue weighted by molar-refractivity contribution is -0.119. The molecule has 4 nitrogen and oxygen atoms in total. The van der Waals surface area contributed by atoms with E-state index in [0.717, 1.165) is 53.8 Å². The lowest BCUT2D eigenvalue weighted by Gasteiger charge is -2.28. The molecule has 0 radical (unpaired) electrons. The van der Waals surface area contributed by atoms with Crippen LogP contribution in [0, 0.1) is 6.92 Å². The minimum absolute atomic E-state index is 0.153. The molecule has 0 bridgehead atoms. The first-order chi connectivity index (χ1) is 14.6. The van der Waals surface area contributed by atoms with Crippen molar-refractivity contribution in [2.24, 2.45) is 0 Å². The highest BCUT2D eigenvalue weighted by molar-refractivity contribution is 5.82. The fourth-order valence-corrected chi connectivity index (χ4v) is 4.61. The van der Waals surface area contributed by atoms with E-state index in [0.29, 0.717) is 18.7 Å². The van der Waals surface area contributed by atoms with Crippen molar-refractivity contribution in [3.05, 3.63) is 77.7 Å². The Morgan fingerprint density at radius 1 is 1.03 bits per heavy atom. The normalized spacial score (nSPS) is 15.1. The van der Waals surface area contributed by atoms with Crippen LogP contribution in [0.15, 0.2) is 60.8 Å². The lowest BCUT2D eigenvalue weighted by atomic mass is 9.77. The number of hydrogen-bond donors (Lipinski definition) is 0. The maximum Gasteiger partial charge on any atom is 0.213 e. The van der Waals surface area contributed by atoms with E-state index in [1.807, 2.05) is 37.4 Å². The second-order valence-corrected chi connectivity index (χ2v) is 8.33. The molecular weight excluding hydrogens is 372 g/mol. The van der Waals surface area contributed by atoms with E-state index in [9.17, 15) is 4.79 Å². The molecule has 0 saturated heterocycles. The molecule has 1 saturated carbocycles. The average molecular weight is 401 g/mol. The first-order valence-corrected chi connectivity index (χ1v) is 10.6. The zero-order valence-electron chi connectivity index (χ0n) is 17.7. The van der Waals surface area contributed by atoms with Gasteiger partial charge in [-0.3, -0.25) is 9.78 Å². The van der Waals surface area contributed by atoms with Gasteiger partial charge in [0.15, 0.2) is 0 Å². The standard InChI is InChI=1S/C26H28N2O2/c1-19-16-22(12-15-27-19)21-10-8-20(9-11-21)17-23(29)18-26(13-3-4-14-26)24-6-5-7-25(28-24)30-2/h5-12,15-16H,3-4,13-14,17-18H2,1-2H3. The summed E-state index contributed by atoms with van der Waals surface area (Å²) in [5.41, 5.74) is 5.19. The Morgan fingerprint density at radius 2 is 1.80 bits per heavy atom. The smallest absolute Gasteiger partial charge is 0.213 e.